The van der Waals surface area contributed by atoms with Gasteiger partial charge in [-0.15, -0.1) is 0 Å². The number of hydrogen-bond acceptors (Lipinski definition) is 5. The molecule has 1 aliphatic heterocycles. The van der Waals surface area contributed by atoms with E-state index in [0.717, 1.165) is 5.56 Å². The molecular weight excluding hydrogens is 376 g/mol. The predicted octanol–water partition coefficient (Wildman–Crippen LogP) is 2.88. The maximum absolute atomic E-state index is 13.5. The SMILES string of the molecule is COc1ccc(C2=C3C(=O)NN=C3CCC2S(=O)(=O)c2ccc(C)cc2)cc1. The molecule has 144 valence electrons. The first-order chi connectivity index (χ1) is 13.4. The molecule has 1 atom stereocenters. The number of amides is 1. The Morgan fingerprint density at radius 1 is 1.07 bits per heavy atom. The molecule has 1 heterocycles. The van der Waals surface area contributed by atoms with Gasteiger partial charge in [0.1, 0.15) is 5.75 Å². The predicted molar refractivity (Wildman–Crippen MR) is 107 cm³/mol. The van der Waals surface area contributed by atoms with E-state index >= 15 is 0 Å². The summed E-state index contributed by atoms with van der Waals surface area (Å²) in [5.41, 5.74) is 5.64. The molecule has 1 aliphatic carbocycles. The van der Waals surface area contributed by atoms with Crippen LogP contribution >= 0.6 is 0 Å². The molecule has 2 aromatic carbocycles. The first-order valence-electron chi connectivity index (χ1n) is 8.98. The molecule has 0 saturated heterocycles. The zero-order valence-corrected chi connectivity index (χ0v) is 16.4. The van der Waals surface area contributed by atoms with Gasteiger partial charge in [-0.2, -0.15) is 5.10 Å². The molecule has 1 N–H and O–H groups in total. The largest absolute Gasteiger partial charge is 0.497 e. The quantitative estimate of drug-likeness (QED) is 0.861. The van der Waals surface area contributed by atoms with Gasteiger partial charge in [0.05, 0.1) is 28.5 Å². The smallest absolute Gasteiger partial charge is 0.273 e. The first-order valence-corrected chi connectivity index (χ1v) is 10.5. The third kappa shape index (κ3) is 3.01. The minimum Gasteiger partial charge on any atom is -0.497 e. The van der Waals surface area contributed by atoms with Crippen LogP contribution in [0.3, 0.4) is 0 Å². The maximum atomic E-state index is 13.5. The number of hydrogen-bond donors (Lipinski definition) is 1. The lowest BCUT2D eigenvalue weighted by atomic mass is 9.85. The zero-order valence-electron chi connectivity index (χ0n) is 15.6. The van der Waals surface area contributed by atoms with Crippen molar-refractivity contribution in [3.63, 3.8) is 0 Å². The number of carbonyl (C=O) groups excluding carboxylic acids is 1. The maximum Gasteiger partial charge on any atom is 0.273 e. The summed E-state index contributed by atoms with van der Waals surface area (Å²) in [6.45, 7) is 1.91. The minimum atomic E-state index is -3.68. The van der Waals surface area contributed by atoms with E-state index in [0.29, 0.717) is 41.0 Å². The monoisotopic (exact) mass is 396 g/mol. The highest BCUT2D eigenvalue weighted by Gasteiger charge is 2.41. The third-order valence-corrected chi connectivity index (χ3v) is 7.32. The van der Waals surface area contributed by atoms with Crippen LogP contribution in [-0.4, -0.2) is 32.4 Å². The Bertz CT molecular complexity index is 1100. The number of fused-ring (bicyclic) bond motifs is 1. The van der Waals surface area contributed by atoms with Gasteiger partial charge < -0.3 is 4.74 Å². The van der Waals surface area contributed by atoms with E-state index in [9.17, 15) is 13.2 Å². The van der Waals surface area contributed by atoms with Crippen molar-refractivity contribution in [1.82, 2.24) is 5.43 Å². The van der Waals surface area contributed by atoms with Crippen molar-refractivity contribution in [2.45, 2.75) is 29.9 Å². The fourth-order valence-corrected chi connectivity index (χ4v) is 5.53. The lowest BCUT2D eigenvalue weighted by molar-refractivity contribution is -0.116. The second kappa shape index (κ2) is 6.91. The van der Waals surface area contributed by atoms with Gasteiger partial charge in [-0.05, 0) is 55.2 Å². The van der Waals surface area contributed by atoms with Gasteiger partial charge in [-0.1, -0.05) is 29.8 Å². The topological polar surface area (TPSA) is 84.8 Å². The summed E-state index contributed by atoms with van der Waals surface area (Å²) in [6, 6.07) is 13.9. The average molecular weight is 396 g/mol. The van der Waals surface area contributed by atoms with Gasteiger partial charge in [0.25, 0.3) is 5.91 Å². The summed E-state index contributed by atoms with van der Waals surface area (Å²) in [5, 5.41) is 3.27. The first kappa shape index (κ1) is 18.4. The second-order valence-electron chi connectivity index (χ2n) is 6.90. The number of sulfone groups is 1. The number of aryl methyl sites for hydroxylation is 1. The van der Waals surface area contributed by atoms with Crippen molar-refractivity contribution in [1.29, 1.82) is 0 Å². The molecule has 0 aromatic heterocycles. The Kier molecular flexibility index (Phi) is 4.55. The van der Waals surface area contributed by atoms with E-state index in [1.807, 2.05) is 6.92 Å². The van der Waals surface area contributed by atoms with Gasteiger partial charge in [-0.25, -0.2) is 13.8 Å². The standard InChI is InChI=1S/C21H20N2O4S/c1-13-3-9-16(10-4-13)28(25,26)18-12-11-17-20(21(24)23-22-17)19(18)14-5-7-15(27-2)8-6-14/h3-10,18H,11-12H2,1-2H3,(H,23,24). The highest BCUT2D eigenvalue weighted by Crippen LogP contribution is 2.39. The summed E-state index contributed by atoms with van der Waals surface area (Å²) in [4.78, 5) is 12.7. The van der Waals surface area contributed by atoms with Crippen LogP contribution in [0.25, 0.3) is 5.57 Å². The van der Waals surface area contributed by atoms with Gasteiger partial charge in [0.15, 0.2) is 9.84 Å². The van der Waals surface area contributed by atoms with E-state index in [4.69, 9.17) is 4.74 Å². The number of nitrogens with zero attached hydrogens (tertiary/aromatic N) is 1. The number of hydrazone groups is 1. The molecule has 2 aliphatic rings. The summed E-state index contributed by atoms with van der Waals surface area (Å²) in [5.74, 6) is 0.303. The summed E-state index contributed by atoms with van der Waals surface area (Å²) < 4.78 is 32.1. The molecule has 7 heteroatoms. The van der Waals surface area contributed by atoms with Crippen LogP contribution in [0.1, 0.15) is 24.0 Å². The lowest BCUT2D eigenvalue weighted by Crippen LogP contribution is -2.31. The Balaban J connectivity index is 1.89. The fraction of sp³-hybridized carbons (Fsp3) is 0.238. The zero-order chi connectivity index (χ0) is 19.9. The molecule has 1 amide bonds. The number of carbonyl (C=O) groups is 1. The molecule has 2 aromatic rings. The Hall–Kier alpha value is -2.93. The molecule has 28 heavy (non-hydrogen) atoms. The summed E-state index contributed by atoms with van der Waals surface area (Å²) in [6.07, 6.45) is 0.804. The molecule has 1 unspecified atom stereocenters. The van der Waals surface area contributed by atoms with Crippen molar-refractivity contribution >= 4 is 27.0 Å². The highest BCUT2D eigenvalue weighted by molar-refractivity contribution is 7.92. The minimum absolute atomic E-state index is 0.258. The Morgan fingerprint density at radius 3 is 2.39 bits per heavy atom. The van der Waals surface area contributed by atoms with Crippen LogP contribution in [0.15, 0.2) is 64.1 Å². The van der Waals surface area contributed by atoms with Crippen LogP contribution in [0.5, 0.6) is 5.75 Å². The number of ether oxygens (including phenoxy) is 1. The van der Waals surface area contributed by atoms with Crippen LogP contribution in [0.2, 0.25) is 0 Å². The second-order valence-corrected chi connectivity index (χ2v) is 9.03. The van der Waals surface area contributed by atoms with E-state index in [-0.39, 0.29) is 10.8 Å². The Labute approximate surface area is 163 Å². The van der Waals surface area contributed by atoms with E-state index in [2.05, 4.69) is 10.5 Å². The molecule has 0 fully saturated rings. The number of benzene rings is 2. The van der Waals surface area contributed by atoms with Crippen LogP contribution in [0.4, 0.5) is 0 Å². The molecule has 0 radical (unpaired) electrons. The molecule has 0 saturated carbocycles. The van der Waals surface area contributed by atoms with Crippen molar-refractivity contribution in [3.8, 4) is 5.75 Å². The van der Waals surface area contributed by atoms with Gasteiger partial charge in [0.2, 0.25) is 0 Å². The normalized spacial score (nSPS) is 19.1. The number of nitrogens with one attached hydrogen (secondary N) is 1. The van der Waals surface area contributed by atoms with E-state index in [1.165, 1.54) is 0 Å². The molecule has 0 spiro atoms. The molecule has 6 nitrogen and oxygen atoms in total. The third-order valence-electron chi connectivity index (χ3n) is 5.17. The highest BCUT2D eigenvalue weighted by atomic mass is 32.2. The van der Waals surface area contributed by atoms with Crippen molar-refractivity contribution in [2.75, 3.05) is 7.11 Å². The van der Waals surface area contributed by atoms with Gasteiger partial charge in [-0.3, -0.25) is 4.79 Å². The lowest BCUT2D eigenvalue weighted by Gasteiger charge is -2.27. The van der Waals surface area contributed by atoms with Crippen LogP contribution in [-0.2, 0) is 14.6 Å². The Morgan fingerprint density at radius 2 is 1.75 bits per heavy atom. The van der Waals surface area contributed by atoms with E-state index < -0.39 is 15.1 Å². The molecule has 0 bridgehead atoms. The van der Waals surface area contributed by atoms with E-state index in [1.54, 1.807) is 55.6 Å². The fourth-order valence-electron chi connectivity index (χ4n) is 3.70. The summed E-state index contributed by atoms with van der Waals surface area (Å²) >= 11 is 0. The van der Waals surface area contributed by atoms with Crippen molar-refractivity contribution < 1.29 is 17.9 Å². The number of rotatable bonds is 4. The number of methoxy groups -OCH3 is 1. The average Bonchev–Trinajstić information content (AvgIpc) is 3.09. The molecule has 4 rings (SSSR count). The van der Waals surface area contributed by atoms with Crippen LogP contribution in [0, 0.1) is 6.92 Å². The van der Waals surface area contributed by atoms with Gasteiger partial charge >= 0.3 is 0 Å². The van der Waals surface area contributed by atoms with Crippen LogP contribution < -0.4 is 10.2 Å². The molecular formula is C21H20N2O4S. The van der Waals surface area contributed by atoms with Crippen molar-refractivity contribution in [3.05, 3.63) is 65.2 Å². The van der Waals surface area contributed by atoms with Gasteiger partial charge in [0, 0.05) is 0 Å². The van der Waals surface area contributed by atoms with Crippen molar-refractivity contribution in [2.24, 2.45) is 5.10 Å². The summed E-state index contributed by atoms with van der Waals surface area (Å²) in [7, 11) is -2.11.